The molecule has 6 heteroatoms. The third-order valence-corrected chi connectivity index (χ3v) is 3.07. The minimum atomic E-state index is -0.726. The van der Waals surface area contributed by atoms with E-state index in [0.29, 0.717) is 24.1 Å². The molecule has 0 aliphatic carbocycles. The molecule has 2 aromatic rings. The van der Waals surface area contributed by atoms with Crippen molar-refractivity contribution >= 4 is 15.9 Å². The van der Waals surface area contributed by atoms with Gasteiger partial charge in [0.1, 0.15) is 6.61 Å². The zero-order chi connectivity index (χ0) is 14.5. The van der Waals surface area contributed by atoms with Gasteiger partial charge in [-0.25, -0.2) is 8.78 Å². The van der Waals surface area contributed by atoms with E-state index in [9.17, 15) is 8.78 Å². The fourth-order valence-electron chi connectivity index (χ4n) is 1.75. The Bertz CT molecular complexity index is 584. The molecule has 0 spiro atoms. The summed E-state index contributed by atoms with van der Waals surface area (Å²) >= 11 is 3.27. The smallest absolute Gasteiger partial charge is 0.191 e. The van der Waals surface area contributed by atoms with E-state index in [1.807, 2.05) is 0 Å². The van der Waals surface area contributed by atoms with Crippen molar-refractivity contribution in [1.82, 2.24) is 4.98 Å². The van der Waals surface area contributed by atoms with Crippen LogP contribution in [0.5, 0.6) is 5.75 Å². The van der Waals surface area contributed by atoms with Crippen LogP contribution >= 0.6 is 15.9 Å². The number of pyridine rings is 1. The maximum Gasteiger partial charge on any atom is 0.191 e. The van der Waals surface area contributed by atoms with Gasteiger partial charge in [0.15, 0.2) is 17.4 Å². The molecule has 1 aromatic heterocycles. The molecule has 0 bridgehead atoms. The van der Waals surface area contributed by atoms with Crippen molar-refractivity contribution in [2.24, 2.45) is 5.73 Å². The van der Waals surface area contributed by atoms with Gasteiger partial charge in [0.05, 0.1) is 0 Å². The lowest BCUT2D eigenvalue weighted by molar-refractivity contribution is 0.273. The van der Waals surface area contributed by atoms with Crippen LogP contribution in [-0.4, -0.2) is 11.5 Å². The molecule has 1 aromatic carbocycles. The van der Waals surface area contributed by atoms with Crippen LogP contribution in [0.4, 0.5) is 8.78 Å². The predicted molar refractivity (Wildman–Crippen MR) is 75.4 cm³/mol. The van der Waals surface area contributed by atoms with Gasteiger partial charge < -0.3 is 10.5 Å². The highest BCUT2D eigenvalue weighted by Gasteiger charge is 2.12. The number of aromatic nitrogens is 1. The number of hydrogen-bond acceptors (Lipinski definition) is 3. The Kier molecular flexibility index (Phi) is 5.03. The van der Waals surface area contributed by atoms with Gasteiger partial charge in [-0.15, -0.1) is 0 Å². The van der Waals surface area contributed by atoms with Crippen LogP contribution in [0.15, 0.2) is 35.1 Å². The standard InChI is InChI=1S/C14H13BrF2N2O/c15-11-3-10(6-19-7-11)8-20-14-12(16)4-9(1-2-18)5-13(14)17/h3-7H,1-2,8,18H2. The Morgan fingerprint density at radius 3 is 2.40 bits per heavy atom. The summed E-state index contributed by atoms with van der Waals surface area (Å²) in [6.07, 6.45) is 3.61. The molecule has 0 aliphatic heterocycles. The minimum absolute atomic E-state index is 0.0382. The topological polar surface area (TPSA) is 48.1 Å². The monoisotopic (exact) mass is 342 g/mol. The molecule has 106 valence electrons. The van der Waals surface area contributed by atoms with Crippen molar-refractivity contribution in [3.8, 4) is 5.75 Å². The third-order valence-electron chi connectivity index (χ3n) is 2.64. The second kappa shape index (κ2) is 6.76. The van der Waals surface area contributed by atoms with Crippen LogP contribution in [0.3, 0.4) is 0 Å². The Hall–Kier alpha value is -1.53. The quantitative estimate of drug-likeness (QED) is 0.907. The summed E-state index contributed by atoms with van der Waals surface area (Å²) in [4.78, 5) is 3.95. The molecular formula is C14H13BrF2N2O. The van der Waals surface area contributed by atoms with Crippen LogP contribution in [0.1, 0.15) is 11.1 Å². The average molecular weight is 343 g/mol. The zero-order valence-electron chi connectivity index (χ0n) is 10.6. The first-order valence-corrected chi connectivity index (χ1v) is 6.79. The van der Waals surface area contributed by atoms with Crippen LogP contribution in [0.25, 0.3) is 0 Å². The summed E-state index contributed by atoms with van der Waals surface area (Å²) in [6.45, 7) is 0.374. The molecule has 0 amide bonds. The molecule has 0 saturated heterocycles. The lowest BCUT2D eigenvalue weighted by Crippen LogP contribution is -2.05. The fraction of sp³-hybridized carbons (Fsp3) is 0.214. The van der Waals surface area contributed by atoms with Crippen molar-refractivity contribution in [2.45, 2.75) is 13.0 Å². The number of benzene rings is 1. The molecular weight excluding hydrogens is 330 g/mol. The molecule has 0 aliphatic rings. The Morgan fingerprint density at radius 2 is 1.80 bits per heavy atom. The first kappa shape index (κ1) is 14.9. The second-order valence-corrected chi connectivity index (χ2v) is 5.14. The summed E-state index contributed by atoms with van der Waals surface area (Å²) in [5, 5.41) is 0. The van der Waals surface area contributed by atoms with Crippen LogP contribution in [-0.2, 0) is 13.0 Å². The number of hydrogen-bond donors (Lipinski definition) is 1. The fourth-order valence-corrected chi connectivity index (χ4v) is 2.16. The van der Waals surface area contributed by atoms with Gasteiger partial charge in [0.2, 0.25) is 0 Å². The van der Waals surface area contributed by atoms with Gasteiger partial charge in [0.25, 0.3) is 0 Å². The molecule has 2 N–H and O–H groups in total. The molecule has 0 atom stereocenters. The van der Waals surface area contributed by atoms with E-state index in [1.165, 1.54) is 12.1 Å². The lowest BCUT2D eigenvalue weighted by atomic mass is 10.1. The Balaban J connectivity index is 2.13. The largest absolute Gasteiger partial charge is 0.483 e. The molecule has 0 radical (unpaired) electrons. The molecule has 20 heavy (non-hydrogen) atoms. The van der Waals surface area contributed by atoms with Gasteiger partial charge in [-0.1, -0.05) is 0 Å². The average Bonchev–Trinajstić information content (AvgIpc) is 2.38. The van der Waals surface area contributed by atoms with Gasteiger partial charge in [0, 0.05) is 22.4 Å². The van der Waals surface area contributed by atoms with Gasteiger partial charge in [-0.2, -0.15) is 0 Å². The van der Waals surface area contributed by atoms with Gasteiger partial charge in [-0.3, -0.25) is 4.98 Å². The van der Waals surface area contributed by atoms with Gasteiger partial charge in [-0.05, 0) is 52.7 Å². The highest BCUT2D eigenvalue weighted by molar-refractivity contribution is 9.10. The van der Waals surface area contributed by atoms with Crippen molar-refractivity contribution in [1.29, 1.82) is 0 Å². The summed E-state index contributed by atoms with van der Waals surface area (Å²) in [5.74, 6) is -1.83. The van der Waals surface area contributed by atoms with Gasteiger partial charge >= 0.3 is 0 Å². The number of halogens is 3. The summed E-state index contributed by atoms with van der Waals surface area (Å²) in [5.41, 5.74) is 6.59. The number of rotatable bonds is 5. The van der Waals surface area contributed by atoms with Crippen molar-refractivity contribution in [2.75, 3.05) is 6.54 Å². The Labute approximate surface area is 123 Å². The third kappa shape index (κ3) is 3.74. The summed E-state index contributed by atoms with van der Waals surface area (Å²) < 4.78 is 33.5. The van der Waals surface area contributed by atoms with Crippen LogP contribution in [0.2, 0.25) is 0 Å². The van der Waals surface area contributed by atoms with E-state index in [1.54, 1.807) is 18.5 Å². The van der Waals surface area contributed by atoms with E-state index in [4.69, 9.17) is 10.5 Å². The zero-order valence-corrected chi connectivity index (χ0v) is 12.2. The highest BCUT2D eigenvalue weighted by Crippen LogP contribution is 2.24. The first-order valence-electron chi connectivity index (χ1n) is 6.00. The normalized spacial score (nSPS) is 10.6. The number of ether oxygens (including phenoxy) is 1. The van der Waals surface area contributed by atoms with E-state index >= 15 is 0 Å². The molecule has 3 nitrogen and oxygen atoms in total. The van der Waals surface area contributed by atoms with Crippen molar-refractivity contribution in [3.63, 3.8) is 0 Å². The van der Waals surface area contributed by atoms with E-state index in [-0.39, 0.29) is 12.4 Å². The SMILES string of the molecule is NCCc1cc(F)c(OCc2cncc(Br)c2)c(F)c1. The van der Waals surface area contributed by atoms with Crippen molar-refractivity contribution in [3.05, 3.63) is 57.8 Å². The van der Waals surface area contributed by atoms with E-state index in [0.717, 1.165) is 4.47 Å². The maximum absolute atomic E-state index is 13.8. The summed E-state index contributed by atoms with van der Waals surface area (Å²) in [7, 11) is 0. The number of nitrogens with zero attached hydrogens (tertiary/aromatic N) is 1. The highest BCUT2D eigenvalue weighted by atomic mass is 79.9. The predicted octanol–water partition coefficient (Wildman–Crippen LogP) is 3.20. The van der Waals surface area contributed by atoms with Crippen molar-refractivity contribution < 1.29 is 13.5 Å². The first-order chi connectivity index (χ1) is 9.60. The van der Waals surface area contributed by atoms with E-state index < -0.39 is 11.6 Å². The maximum atomic E-state index is 13.8. The minimum Gasteiger partial charge on any atom is -0.483 e. The van der Waals surface area contributed by atoms with E-state index in [2.05, 4.69) is 20.9 Å². The molecule has 0 saturated carbocycles. The number of nitrogens with two attached hydrogens (primary N) is 1. The van der Waals surface area contributed by atoms with Crippen LogP contribution < -0.4 is 10.5 Å². The molecule has 0 fully saturated rings. The Morgan fingerprint density at radius 1 is 1.10 bits per heavy atom. The molecule has 1 heterocycles. The lowest BCUT2D eigenvalue weighted by Gasteiger charge is -2.10. The van der Waals surface area contributed by atoms with Crippen LogP contribution in [0, 0.1) is 11.6 Å². The molecule has 0 unspecified atom stereocenters. The molecule has 2 rings (SSSR count). The summed E-state index contributed by atoms with van der Waals surface area (Å²) in [6, 6.07) is 4.25. The second-order valence-electron chi connectivity index (χ2n) is 4.23.